The van der Waals surface area contributed by atoms with Crippen molar-refractivity contribution in [2.45, 2.75) is 61.4 Å². The number of carbonyl (C=O) groups is 2. The molecule has 0 aromatic rings. The second kappa shape index (κ2) is 13.1. The molecule has 0 aliphatic carbocycles. The second-order valence-electron chi connectivity index (χ2n) is 6.86. The normalized spacial score (nSPS) is 38.6. The monoisotopic (exact) mass is 530 g/mol. The Labute approximate surface area is 214 Å². The van der Waals surface area contributed by atoms with Crippen molar-refractivity contribution in [3.63, 3.8) is 0 Å². The SMILES string of the molecule is COC(=O)COS(=O)(=O)OC1C(C(=O)[O-])OC(OC2C(O)C(O)OC(CO)C2O)C(O)C1O.[Na+]. The molecule has 10 atom stereocenters. The van der Waals surface area contributed by atoms with Gasteiger partial charge in [0.05, 0.1) is 19.7 Å². The van der Waals surface area contributed by atoms with Gasteiger partial charge in [0, 0.05) is 0 Å². The standard InChI is InChI=1S/C15H24O17S.Na/c1-27-5(17)3-28-33(25,26)32-11-7(19)8(20)15(31-12(11)13(22)23)30-10-6(18)4(2-16)29-14(24)9(10)21;/h4,6-12,14-16,18-21,24H,2-3H2,1H3,(H,22,23);/q;+1/p-1. The quantitative estimate of drug-likeness (QED) is 0.119. The Kier molecular flexibility index (Phi) is 12.2. The van der Waals surface area contributed by atoms with Crippen molar-refractivity contribution >= 4 is 22.3 Å². The van der Waals surface area contributed by atoms with Crippen molar-refractivity contribution in [1.29, 1.82) is 0 Å². The Hall–Kier alpha value is -0.550. The van der Waals surface area contributed by atoms with Crippen molar-refractivity contribution in [1.82, 2.24) is 0 Å². The number of carboxylic acids is 1. The van der Waals surface area contributed by atoms with Crippen LogP contribution in [0.4, 0.5) is 0 Å². The van der Waals surface area contributed by atoms with Crippen LogP contribution in [0.2, 0.25) is 0 Å². The Bertz CT molecular complexity index is 794. The van der Waals surface area contributed by atoms with E-state index in [2.05, 4.69) is 13.1 Å². The van der Waals surface area contributed by atoms with Crippen LogP contribution in [0.5, 0.6) is 0 Å². The maximum Gasteiger partial charge on any atom is 1.00 e. The van der Waals surface area contributed by atoms with E-state index in [1.165, 1.54) is 0 Å². The second-order valence-corrected chi connectivity index (χ2v) is 8.11. The summed E-state index contributed by atoms with van der Waals surface area (Å²) in [5.41, 5.74) is 0. The minimum atomic E-state index is -5.13. The molecule has 2 aliphatic heterocycles. The molecule has 2 saturated heterocycles. The summed E-state index contributed by atoms with van der Waals surface area (Å²) in [4.78, 5) is 22.5. The van der Waals surface area contributed by atoms with Crippen LogP contribution in [0.15, 0.2) is 0 Å². The van der Waals surface area contributed by atoms with E-state index in [1.807, 2.05) is 0 Å². The predicted molar refractivity (Wildman–Crippen MR) is 92.3 cm³/mol. The van der Waals surface area contributed by atoms with Gasteiger partial charge in [0.25, 0.3) is 0 Å². The van der Waals surface area contributed by atoms with Gasteiger partial charge in [-0.25, -0.2) is 13.2 Å². The van der Waals surface area contributed by atoms with E-state index in [0.29, 0.717) is 0 Å². The summed E-state index contributed by atoms with van der Waals surface area (Å²) >= 11 is 0. The summed E-state index contributed by atoms with van der Waals surface area (Å²) in [6.45, 7) is -1.98. The van der Waals surface area contributed by atoms with Gasteiger partial charge in [0.2, 0.25) is 0 Å². The van der Waals surface area contributed by atoms with Crippen molar-refractivity contribution < 1.29 is 111 Å². The third-order valence-electron chi connectivity index (χ3n) is 4.69. The molecule has 0 aromatic heterocycles. The average molecular weight is 530 g/mol. The zero-order valence-electron chi connectivity index (χ0n) is 17.8. The van der Waals surface area contributed by atoms with Crippen LogP contribution in [0, 0.1) is 0 Å². The fourth-order valence-corrected chi connectivity index (χ4v) is 3.76. The van der Waals surface area contributed by atoms with Gasteiger partial charge in [-0.05, 0) is 0 Å². The fourth-order valence-electron chi connectivity index (χ4n) is 2.97. The number of hydrogen-bond acceptors (Lipinski definition) is 17. The molecule has 0 aromatic carbocycles. The molecular formula is C15H23NaO17S. The molecule has 0 spiro atoms. The fraction of sp³-hybridized carbons (Fsp3) is 0.867. The molecule has 0 amide bonds. The zero-order valence-corrected chi connectivity index (χ0v) is 20.6. The summed E-state index contributed by atoms with van der Waals surface area (Å²) in [7, 11) is -4.21. The molecule has 19 heteroatoms. The molecule has 2 fully saturated rings. The van der Waals surface area contributed by atoms with Crippen LogP contribution in [0.1, 0.15) is 0 Å². The van der Waals surface area contributed by atoms with Crippen molar-refractivity contribution in [3.05, 3.63) is 0 Å². The molecular weight excluding hydrogens is 507 g/mol. The molecule has 17 nitrogen and oxygen atoms in total. The Morgan fingerprint density at radius 1 is 0.971 bits per heavy atom. The van der Waals surface area contributed by atoms with E-state index in [0.717, 1.165) is 7.11 Å². The zero-order chi connectivity index (χ0) is 25.1. The number of carboxylic acid groups (broad SMARTS) is 1. The van der Waals surface area contributed by atoms with E-state index in [1.54, 1.807) is 0 Å². The summed E-state index contributed by atoms with van der Waals surface area (Å²) in [5.74, 6) is -3.27. The van der Waals surface area contributed by atoms with Crippen LogP contribution in [0.3, 0.4) is 0 Å². The van der Waals surface area contributed by atoms with Crippen LogP contribution < -0.4 is 34.7 Å². The van der Waals surface area contributed by atoms with E-state index in [9.17, 15) is 53.8 Å². The topological polar surface area (TPSA) is 268 Å². The van der Waals surface area contributed by atoms with Crippen molar-refractivity contribution in [2.75, 3.05) is 20.3 Å². The van der Waals surface area contributed by atoms with Gasteiger partial charge in [-0.1, -0.05) is 0 Å². The van der Waals surface area contributed by atoms with Gasteiger partial charge in [-0.3, -0.25) is 0 Å². The van der Waals surface area contributed by atoms with Gasteiger partial charge < -0.3 is 59.5 Å². The van der Waals surface area contributed by atoms with Crippen LogP contribution in [-0.2, 0) is 47.3 Å². The summed E-state index contributed by atoms with van der Waals surface area (Å²) < 4.78 is 51.2. The van der Waals surface area contributed by atoms with E-state index >= 15 is 0 Å². The van der Waals surface area contributed by atoms with Crippen LogP contribution in [0.25, 0.3) is 0 Å². The molecule has 34 heavy (non-hydrogen) atoms. The van der Waals surface area contributed by atoms with Gasteiger partial charge in [-0.2, -0.15) is 8.42 Å². The number of esters is 1. The number of aliphatic hydroxyl groups is 6. The molecule has 2 rings (SSSR count). The number of hydrogen-bond donors (Lipinski definition) is 6. The minimum Gasteiger partial charge on any atom is -0.547 e. The number of rotatable bonds is 9. The number of methoxy groups -OCH3 is 1. The number of ether oxygens (including phenoxy) is 4. The van der Waals surface area contributed by atoms with E-state index in [-0.39, 0.29) is 29.6 Å². The molecule has 2 heterocycles. The molecule has 0 bridgehead atoms. The Morgan fingerprint density at radius 3 is 2.12 bits per heavy atom. The molecule has 0 saturated carbocycles. The number of carbonyl (C=O) groups excluding carboxylic acids is 2. The molecule has 10 unspecified atom stereocenters. The summed E-state index contributed by atoms with van der Waals surface area (Å²) in [6.07, 6.45) is -20.5. The first-order chi connectivity index (χ1) is 15.3. The largest absolute Gasteiger partial charge is 1.00 e. The van der Waals surface area contributed by atoms with Gasteiger partial charge in [0.1, 0.15) is 48.8 Å². The first kappa shape index (κ1) is 31.5. The van der Waals surface area contributed by atoms with Crippen molar-refractivity contribution in [2.24, 2.45) is 0 Å². The Morgan fingerprint density at radius 2 is 1.59 bits per heavy atom. The first-order valence-corrected chi connectivity index (χ1v) is 10.5. The molecule has 6 N–H and O–H groups in total. The first-order valence-electron chi connectivity index (χ1n) is 9.15. The van der Waals surface area contributed by atoms with Crippen LogP contribution in [-0.4, -0.2) is 133 Å². The number of aliphatic carboxylic acids is 1. The molecule has 0 radical (unpaired) electrons. The smallest absolute Gasteiger partial charge is 0.547 e. The maximum atomic E-state index is 11.9. The molecule has 2 aliphatic rings. The van der Waals surface area contributed by atoms with Gasteiger partial charge >= 0.3 is 45.9 Å². The minimum absolute atomic E-state index is 0. The number of aliphatic hydroxyl groups excluding tert-OH is 6. The van der Waals surface area contributed by atoms with Crippen LogP contribution >= 0.6 is 0 Å². The third kappa shape index (κ3) is 7.48. The van der Waals surface area contributed by atoms with Gasteiger partial charge in [-0.15, -0.1) is 0 Å². The van der Waals surface area contributed by atoms with Gasteiger partial charge in [0.15, 0.2) is 19.2 Å². The average Bonchev–Trinajstić information content (AvgIpc) is 2.76. The third-order valence-corrected chi connectivity index (χ3v) is 5.55. The molecule has 192 valence electrons. The summed E-state index contributed by atoms with van der Waals surface area (Å²) in [6, 6.07) is 0. The summed E-state index contributed by atoms with van der Waals surface area (Å²) in [5, 5.41) is 70.9. The maximum absolute atomic E-state index is 11.9. The van der Waals surface area contributed by atoms with E-state index < -0.39 is 97.0 Å². The van der Waals surface area contributed by atoms with Crippen molar-refractivity contribution in [3.8, 4) is 0 Å². The predicted octanol–water partition coefficient (Wildman–Crippen LogP) is -10.2. The van der Waals surface area contributed by atoms with E-state index in [4.69, 9.17) is 14.2 Å². The Balaban J connectivity index is 0.00000578.